The van der Waals surface area contributed by atoms with Crippen LogP contribution in [-0.4, -0.2) is 78.0 Å². The summed E-state index contributed by atoms with van der Waals surface area (Å²) in [6, 6.07) is 0. The number of carbonyl (C=O) groups excluding carboxylic acids is 2. The highest BCUT2D eigenvalue weighted by Gasteiger charge is 2.37. The third kappa shape index (κ3) is 13.2. The molecule has 0 aromatic carbocycles. The normalized spacial score (nSPS) is 19.0. The fraction of sp³-hybridized carbons (Fsp3) is 0.909. The fourth-order valence-electron chi connectivity index (χ4n) is 3.15. The van der Waals surface area contributed by atoms with Crippen molar-refractivity contribution in [2.24, 2.45) is 0 Å². The molecule has 0 aromatic heterocycles. The van der Waals surface area contributed by atoms with Gasteiger partial charge in [0.2, 0.25) is 0 Å². The summed E-state index contributed by atoms with van der Waals surface area (Å²) in [5.41, 5.74) is 0. The smallest absolute Gasteiger partial charge is 0.348 e. The monoisotopic (exact) mass is 432 g/mol. The lowest BCUT2D eigenvalue weighted by Crippen LogP contribution is -2.43. The van der Waals surface area contributed by atoms with Crippen LogP contribution >= 0.6 is 0 Å². The SMILES string of the molecule is COCCOCCCCCCC1OC(=O)C(CCCCCCOCCOC)OC1=O. The van der Waals surface area contributed by atoms with E-state index in [0.717, 1.165) is 51.4 Å². The largest absolute Gasteiger partial charge is 0.448 e. The van der Waals surface area contributed by atoms with Gasteiger partial charge >= 0.3 is 11.9 Å². The van der Waals surface area contributed by atoms with Gasteiger partial charge in [-0.3, -0.25) is 0 Å². The maximum absolute atomic E-state index is 12.1. The van der Waals surface area contributed by atoms with Crippen LogP contribution in [0.1, 0.15) is 64.2 Å². The molecule has 0 N–H and O–H groups in total. The van der Waals surface area contributed by atoms with E-state index < -0.39 is 24.1 Å². The number of rotatable bonds is 20. The molecule has 0 saturated carbocycles. The Morgan fingerprint density at radius 3 is 1.37 bits per heavy atom. The van der Waals surface area contributed by atoms with Crippen molar-refractivity contribution in [2.75, 3.05) is 53.9 Å². The number of unbranched alkanes of at least 4 members (excludes halogenated alkanes) is 6. The highest BCUT2D eigenvalue weighted by atomic mass is 16.6. The second-order valence-corrected chi connectivity index (χ2v) is 7.47. The molecule has 0 bridgehead atoms. The number of ether oxygens (including phenoxy) is 6. The van der Waals surface area contributed by atoms with Gasteiger partial charge in [-0.1, -0.05) is 25.7 Å². The number of carbonyl (C=O) groups is 2. The van der Waals surface area contributed by atoms with Gasteiger partial charge in [-0.2, -0.15) is 0 Å². The molecule has 1 saturated heterocycles. The number of esters is 2. The maximum atomic E-state index is 12.1. The zero-order valence-electron chi connectivity index (χ0n) is 18.7. The molecule has 2 unspecified atom stereocenters. The highest BCUT2D eigenvalue weighted by Crippen LogP contribution is 2.20. The fourth-order valence-corrected chi connectivity index (χ4v) is 3.15. The Morgan fingerprint density at radius 2 is 0.967 bits per heavy atom. The molecule has 1 aliphatic rings. The van der Waals surface area contributed by atoms with Crippen molar-refractivity contribution < 1.29 is 38.0 Å². The number of cyclic esters (lactones) is 2. The van der Waals surface area contributed by atoms with E-state index in [1.54, 1.807) is 14.2 Å². The minimum atomic E-state index is -0.754. The van der Waals surface area contributed by atoms with E-state index in [1.165, 1.54) is 0 Å². The van der Waals surface area contributed by atoms with Crippen LogP contribution in [0.25, 0.3) is 0 Å². The standard InChI is InChI=1S/C22H40O8/c1-25-15-17-27-13-9-5-3-7-11-19-21(23)30-20(22(24)29-19)12-8-4-6-10-14-28-18-16-26-2/h19-20H,3-18H2,1-2H3. The predicted octanol–water partition coefficient (Wildman–Crippen LogP) is 3.05. The van der Waals surface area contributed by atoms with Crippen molar-refractivity contribution in [3.05, 3.63) is 0 Å². The van der Waals surface area contributed by atoms with Crippen molar-refractivity contribution >= 4 is 11.9 Å². The molecule has 0 amide bonds. The molecule has 1 heterocycles. The Morgan fingerprint density at radius 1 is 0.567 bits per heavy atom. The molecule has 30 heavy (non-hydrogen) atoms. The van der Waals surface area contributed by atoms with Gasteiger partial charge in [0.05, 0.1) is 26.4 Å². The predicted molar refractivity (Wildman–Crippen MR) is 111 cm³/mol. The third-order valence-corrected chi connectivity index (χ3v) is 4.92. The van der Waals surface area contributed by atoms with Crippen LogP contribution in [0, 0.1) is 0 Å². The molecule has 1 rings (SSSR count). The van der Waals surface area contributed by atoms with Crippen molar-refractivity contribution in [1.82, 2.24) is 0 Å². The van der Waals surface area contributed by atoms with E-state index in [4.69, 9.17) is 28.4 Å². The number of methoxy groups -OCH3 is 2. The first-order chi connectivity index (χ1) is 14.7. The summed E-state index contributed by atoms with van der Waals surface area (Å²) >= 11 is 0. The molecule has 0 spiro atoms. The molecule has 1 fully saturated rings. The average molecular weight is 433 g/mol. The maximum Gasteiger partial charge on any atom is 0.348 e. The minimum Gasteiger partial charge on any atom is -0.448 e. The van der Waals surface area contributed by atoms with E-state index >= 15 is 0 Å². The zero-order chi connectivity index (χ0) is 21.9. The summed E-state index contributed by atoms with van der Waals surface area (Å²) in [6.07, 6.45) is 7.08. The topological polar surface area (TPSA) is 89.5 Å². The Bertz CT molecular complexity index is 403. The highest BCUT2D eigenvalue weighted by molar-refractivity contribution is 5.87. The second kappa shape index (κ2) is 18.5. The first-order valence-electron chi connectivity index (χ1n) is 11.2. The summed E-state index contributed by atoms with van der Waals surface area (Å²) in [5.74, 6) is -0.817. The van der Waals surface area contributed by atoms with Crippen molar-refractivity contribution in [2.45, 2.75) is 76.4 Å². The second-order valence-electron chi connectivity index (χ2n) is 7.47. The summed E-state index contributed by atoms with van der Waals surface area (Å²) < 4.78 is 31.3. The Kier molecular flexibility index (Phi) is 16.6. The Hall–Kier alpha value is -1.22. The Labute approximate surface area is 180 Å². The first-order valence-corrected chi connectivity index (χ1v) is 11.2. The molecule has 0 aromatic rings. The minimum absolute atomic E-state index is 0.408. The quantitative estimate of drug-likeness (QED) is 0.214. The van der Waals surface area contributed by atoms with Crippen molar-refractivity contribution in [3.63, 3.8) is 0 Å². The lowest BCUT2D eigenvalue weighted by atomic mass is 10.1. The molecule has 8 nitrogen and oxygen atoms in total. The van der Waals surface area contributed by atoms with Crippen molar-refractivity contribution in [3.8, 4) is 0 Å². The van der Waals surface area contributed by atoms with Gasteiger partial charge in [-0.15, -0.1) is 0 Å². The molecule has 1 aliphatic heterocycles. The molecular weight excluding hydrogens is 392 g/mol. The van der Waals surface area contributed by atoms with Gasteiger partial charge in [-0.05, 0) is 38.5 Å². The molecule has 8 heteroatoms. The van der Waals surface area contributed by atoms with E-state index in [-0.39, 0.29) is 0 Å². The van der Waals surface area contributed by atoms with Crippen LogP contribution in [-0.2, 0) is 38.0 Å². The van der Waals surface area contributed by atoms with Crippen LogP contribution in [0.3, 0.4) is 0 Å². The summed E-state index contributed by atoms with van der Waals surface area (Å²) in [6.45, 7) is 3.88. The summed E-state index contributed by atoms with van der Waals surface area (Å²) in [5, 5.41) is 0. The Balaban J connectivity index is 2.02. The lowest BCUT2D eigenvalue weighted by Gasteiger charge is -2.27. The summed E-state index contributed by atoms with van der Waals surface area (Å²) in [4.78, 5) is 24.2. The van der Waals surface area contributed by atoms with Crippen LogP contribution in [0.15, 0.2) is 0 Å². The zero-order valence-corrected chi connectivity index (χ0v) is 18.7. The lowest BCUT2D eigenvalue weighted by molar-refractivity contribution is -0.196. The molecular formula is C22H40O8. The molecule has 0 aliphatic carbocycles. The van der Waals surface area contributed by atoms with E-state index in [1.807, 2.05) is 0 Å². The molecule has 176 valence electrons. The van der Waals surface area contributed by atoms with Crippen LogP contribution in [0.4, 0.5) is 0 Å². The van der Waals surface area contributed by atoms with E-state index in [9.17, 15) is 9.59 Å². The molecule has 0 radical (unpaired) electrons. The third-order valence-electron chi connectivity index (χ3n) is 4.92. The van der Waals surface area contributed by atoms with Gasteiger partial charge in [0, 0.05) is 27.4 Å². The van der Waals surface area contributed by atoms with Crippen LogP contribution in [0.2, 0.25) is 0 Å². The van der Waals surface area contributed by atoms with Gasteiger partial charge in [0.15, 0.2) is 12.2 Å². The van der Waals surface area contributed by atoms with Crippen molar-refractivity contribution in [1.29, 1.82) is 0 Å². The summed E-state index contributed by atoms with van der Waals surface area (Å²) in [7, 11) is 3.30. The van der Waals surface area contributed by atoms with E-state index in [2.05, 4.69) is 0 Å². The molecule has 2 atom stereocenters. The van der Waals surface area contributed by atoms with Crippen LogP contribution < -0.4 is 0 Å². The average Bonchev–Trinajstić information content (AvgIpc) is 2.74. The van der Waals surface area contributed by atoms with E-state index in [0.29, 0.717) is 52.5 Å². The van der Waals surface area contributed by atoms with Gasteiger partial charge < -0.3 is 28.4 Å². The van der Waals surface area contributed by atoms with Gasteiger partial charge in [0.25, 0.3) is 0 Å². The van der Waals surface area contributed by atoms with Gasteiger partial charge in [-0.25, -0.2) is 9.59 Å². The first kappa shape index (κ1) is 26.8. The number of hydrogen-bond acceptors (Lipinski definition) is 8. The number of hydrogen-bond donors (Lipinski definition) is 0. The van der Waals surface area contributed by atoms with Gasteiger partial charge in [0.1, 0.15) is 0 Å². The van der Waals surface area contributed by atoms with Crippen LogP contribution in [0.5, 0.6) is 0 Å².